The average molecular weight is 257 g/mol. The minimum atomic E-state index is -2.74. The molecule has 0 fully saturated rings. The summed E-state index contributed by atoms with van der Waals surface area (Å²) in [4.78, 5) is 30.5. The first-order chi connectivity index (χ1) is 7.19. The minimum Gasteiger partial charge on any atom is -0.481 e. The molecule has 0 aromatic heterocycles. The van der Waals surface area contributed by atoms with Crippen LogP contribution in [0.15, 0.2) is 0 Å². The summed E-state index contributed by atoms with van der Waals surface area (Å²) in [5, 5.41) is 41.2. The van der Waals surface area contributed by atoms with E-state index in [1.54, 1.807) is 0 Å². The number of carbonyl (C=O) groups is 3. The maximum atomic E-state index is 10.3. The molecule has 16 heavy (non-hydrogen) atoms. The Morgan fingerprint density at radius 1 is 1.12 bits per heavy atom. The summed E-state index contributed by atoms with van der Waals surface area (Å²) < 4.78 is 1.94. The van der Waals surface area contributed by atoms with Crippen molar-refractivity contribution in [1.29, 1.82) is 5.26 Å². The molecule has 4 N–H and O–H groups in total. The number of carboxylic acids is 3. The van der Waals surface area contributed by atoms with Crippen molar-refractivity contribution in [3.63, 3.8) is 0 Å². The number of rotatable bonds is 5. The summed E-state index contributed by atoms with van der Waals surface area (Å²) in [6.07, 6.45) is -2.29. The van der Waals surface area contributed by atoms with Crippen molar-refractivity contribution in [2.45, 2.75) is 18.4 Å². The topological polar surface area (TPSA) is 156 Å². The number of aliphatic carboxylic acids is 3. The van der Waals surface area contributed by atoms with Gasteiger partial charge >= 0.3 is 72.3 Å². The van der Waals surface area contributed by atoms with Crippen LogP contribution in [0.5, 0.6) is 0 Å². The van der Waals surface area contributed by atoms with Gasteiger partial charge in [-0.3, -0.25) is 9.59 Å². The van der Waals surface area contributed by atoms with Crippen molar-refractivity contribution >= 4 is 66.9 Å². The molecule has 0 aromatic carbocycles. The second-order valence-electron chi connectivity index (χ2n) is 2.70. The predicted molar refractivity (Wildman–Crippen MR) is 48.5 cm³/mol. The van der Waals surface area contributed by atoms with Crippen LogP contribution in [0, 0.1) is 5.43 Å². The van der Waals surface area contributed by atoms with E-state index in [0.29, 0.717) is 49.0 Å². The molecule has 0 radical (unpaired) electrons. The van der Waals surface area contributed by atoms with Crippen LogP contribution in [0.1, 0.15) is 12.8 Å². The van der Waals surface area contributed by atoms with Crippen LogP contribution in [0.25, 0.3) is 0 Å². The van der Waals surface area contributed by atoms with Crippen LogP contribution < -0.4 is 0 Å². The molecule has 0 saturated carbocycles. The smallest absolute Gasteiger partial charge is 0.336 e. The Morgan fingerprint density at radius 3 is 1.50 bits per heavy atom. The van der Waals surface area contributed by atoms with Gasteiger partial charge in [-0.2, -0.15) is 0 Å². The van der Waals surface area contributed by atoms with E-state index in [9.17, 15) is 14.4 Å². The van der Waals surface area contributed by atoms with Crippen molar-refractivity contribution in [1.82, 2.24) is 0 Å². The summed E-state index contributed by atoms with van der Waals surface area (Å²) in [5.74, 6) is -5.02. The van der Waals surface area contributed by atoms with Crippen molar-refractivity contribution in [3.8, 4) is 0.164 Å². The van der Waals surface area contributed by atoms with Gasteiger partial charge in [0.05, 0.1) is 12.8 Å². The summed E-state index contributed by atoms with van der Waals surface area (Å²) >= 11 is 0.410. The second-order valence-corrected chi connectivity index (χ2v) is 3.40. The van der Waals surface area contributed by atoms with E-state index in [0.717, 1.165) is 0 Å². The molecule has 0 aromatic rings. The summed E-state index contributed by atoms with van der Waals surface area (Å²) in [6, 6.07) is 0. The van der Waals surface area contributed by atoms with Gasteiger partial charge in [0.15, 0.2) is 5.60 Å². The SMILES string of the molecule is N#[C][K].O=C(O)CC(O)(CC(=O)O)C(=O)O. The third-order valence-corrected chi connectivity index (χ3v) is 1.29. The van der Waals surface area contributed by atoms with Gasteiger partial charge in [0.2, 0.25) is 0 Å². The molecule has 84 valence electrons. The molecule has 0 spiro atoms. The fourth-order valence-electron chi connectivity index (χ4n) is 0.714. The molecule has 9 heteroatoms. The number of aliphatic hydroxyl groups is 1. The first kappa shape index (κ1) is 17.9. The molecule has 8 nitrogen and oxygen atoms in total. The maximum absolute atomic E-state index is 10.3. The van der Waals surface area contributed by atoms with E-state index in [1.165, 1.54) is 0 Å². The van der Waals surface area contributed by atoms with E-state index >= 15 is 0 Å². The largest absolute Gasteiger partial charge is 0.481 e. The van der Waals surface area contributed by atoms with Gasteiger partial charge in [0.1, 0.15) is 0 Å². The number of hydrogen-bond acceptors (Lipinski definition) is 5. The number of nitrogens with zero attached hydrogens (tertiary/aromatic N) is 1. The Hall–Kier alpha value is -0.504. The normalized spacial score (nSPS) is 9.38. The first-order valence-corrected chi connectivity index (χ1v) is 5.46. The van der Waals surface area contributed by atoms with E-state index in [1.807, 2.05) is 0.164 Å². The zero-order valence-electron chi connectivity index (χ0n) is 8.38. The van der Waals surface area contributed by atoms with Crippen molar-refractivity contribution < 1.29 is 34.8 Å². The van der Waals surface area contributed by atoms with Gasteiger partial charge in [-0.15, -0.1) is 0 Å². The fraction of sp³-hybridized carbons (Fsp3) is 0.429. The summed E-state index contributed by atoms with van der Waals surface area (Å²) in [7, 11) is 0. The van der Waals surface area contributed by atoms with E-state index in [2.05, 4.69) is 0 Å². The van der Waals surface area contributed by atoms with Crippen LogP contribution >= 0.6 is 0 Å². The summed E-state index contributed by atoms with van der Waals surface area (Å²) in [6.45, 7) is 0. The third kappa shape index (κ3) is 8.78. The van der Waals surface area contributed by atoms with Crippen LogP contribution in [0.4, 0.5) is 0 Å². The third-order valence-electron chi connectivity index (χ3n) is 1.29. The monoisotopic (exact) mass is 257 g/mol. The van der Waals surface area contributed by atoms with Crippen LogP contribution in [0.2, 0.25) is 0 Å². The van der Waals surface area contributed by atoms with Crippen LogP contribution in [0.3, 0.4) is 0 Å². The Kier molecular flexibility index (Phi) is 9.64. The van der Waals surface area contributed by atoms with E-state index < -0.39 is 36.4 Å². The van der Waals surface area contributed by atoms with Crippen LogP contribution in [-0.2, 0) is 14.4 Å². The van der Waals surface area contributed by atoms with Gasteiger partial charge in [0, 0.05) is 0 Å². The van der Waals surface area contributed by atoms with E-state index in [4.69, 9.17) is 25.7 Å². The average Bonchev–Trinajstić information content (AvgIpc) is 2.01. The van der Waals surface area contributed by atoms with Gasteiger partial charge in [-0.25, -0.2) is 4.79 Å². The molecule has 0 saturated heterocycles. The maximum Gasteiger partial charge on any atom is 0.336 e. The molecule has 0 unspecified atom stereocenters. The van der Waals surface area contributed by atoms with Gasteiger partial charge in [-0.05, 0) is 0 Å². The zero-order valence-corrected chi connectivity index (χ0v) is 11.5. The number of hydrogen-bond donors (Lipinski definition) is 4. The quantitative estimate of drug-likeness (QED) is 0.428. The molecule has 0 aliphatic rings. The molecular formula is C7H8KNO7. The van der Waals surface area contributed by atoms with Crippen molar-refractivity contribution in [2.75, 3.05) is 0 Å². The van der Waals surface area contributed by atoms with Gasteiger partial charge in [-0.1, -0.05) is 0 Å². The predicted octanol–water partition coefficient (Wildman–Crippen LogP) is -1.61. The molecule has 0 aliphatic heterocycles. The van der Waals surface area contributed by atoms with Crippen molar-refractivity contribution in [3.05, 3.63) is 0 Å². The second kappa shape index (κ2) is 8.63. The zero-order chi connectivity index (χ0) is 13.4. The van der Waals surface area contributed by atoms with Gasteiger partial charge < -0.3 is 20.4 Å². The summed E-state index contributed by atoms with van der Waals surface area (Å²) in [5.41, 5.74) is -2.74. The van der Waals surface area contributed by atoms with E-state index in [-0.39, 0.29) is 0 Å². The van der Waals surface area contributed by atoms with Crippen molar-refractivity contribution in [2.24, 2.45) is 0 Å². The molecular weight excluding hydrogens is 249 g/mol. The van der Waals surface area contributed by atoms with Gasteiger partial charge in [0.25, 0.3) is 0 Å². The standard InChI is InChI=1S/C6H8O7.CN.K/c7-3(8)1-6(13,5(11)12)2-4(9)10;1-2;/h13H,1-2H2,(H,7,8)(H,9,10)(H,11,12);;. The Labute approximate surface area is 124 Å². The first-order valence-electron chi connectivity index (χ1n) is 3.89. The fourth-order valence-corrected chi connectivity index (χ4v) is 0.714. The van der Waals surface area contributed by atoms with Crippen LogP contribution in [-0.4, -0.2) is 92.9 Å². The number of carboxylic acid groups (broad SMARTS) is 3. The Balaban J connectivity index is 0. The Bertz CT molecular complexity index is 305. The molecule has 0 bridgehead atoms. The number of nitriles is 1. The molecule has 0 aliphatic carbocycles. The molecule has 0 rings (SSSR count). The molecule has 0 atom stereocenters. The molecule has 0 amide bonds. The molecule has 0 heterocycles. The minimum absolute atomic E-state index is 0.410. The Morgan fingerprint density at radius 2 is 1.38 bits per heavy atom.